The number of hydrogen-bond acceptors (Lipinski definition) is 8. The van der Waals surface area contributed by atoms with Crippen molar-refractivity contribution in [3.05, 3.63) is 46.9 Å². The maximum atomic E-state index is 11.8. The van der Waals surface area contributed by atoms with E-state index >= 15 is 0 Å². The van der Waals surface area contributed by atoms with Crippen molar-refractivity contribution in [2.24, 2.45) is 10.2 Å². The van der Waals surface area contributed by atoms with Gasteiger partial charge in [0.05, 0.1) is 25.3 Å². The Morgan fingerprint density at radius 3 is 2.86 bits per heavy atom. The second-order valence-electron chi connectivity index (χ2n) is 5.43. The van der Waals surface area contributed by atoms with Gasteiger partial charge in [-0.05, 0) is 35.9 Å². The van der Waals surface area contributed by atoms with Crippen LogP contribution in [0.25, 0.3) is 0 Å². The number of hydrogen-bond donors (Lipinski definition) is 1. The summed E-state index contributed by atoms with van der Waals surface area (Å²) in [6, 6.07) is 3.58. The Bertz CT molecular complexity index is 944. The lowest BCUT2D eigenvalue weighted by atomic mass is 10.1. The molecule has 0 aliphatic carbocycles. The van der Waals surface area contributed by atoms with Crippen molar-refractivity contribution in [2.45, 2.75) is 6.42 Å². The monoisotopic (exact) mass is 413 g/mol. The van der Waals surface area contributed by atoms with Gasteiger partial charge in [0, 0.05) is 11.6 Å². The normalized spacial score (nSPS) is 16.0. The zero-order valence-electron chi connectivity index (χ0n) is 15.9. The molecule has 1 aromatic rings. The van der Waals surface area contributed by atoms with Gasteiger partial charge in [-0.1, -0.05) is 12.0 Å². The Balaban J connectivity index is 2.23. The summed E-state index contributed by atoms with van der Waals surface area (Å²) in [6.07, 6.45) is 10.1. The summed E-state index contributed by atoms with van der Waals surface area (Å²) in [5, 5.41) is 10.7. The third-order valence-electron chi connectivity index (χ3n) is 3.49. The van der Waals surface area contributed by atoms with Gasteiger partial charge in [-0.25, -0.2) is 4.79 Å². The first-order valence-electron chi connectivity index (χ1n) is 8.30. The van der Waals surface area contributed by atoms with Crippen LogP contribution in [-0.2, 0) is 20.7 Å². The fourth-order valence-corrected chi connectivity index (χ4v) is 3.02. The number of carbonyl (C=O) groups excluding carboxylic acids is 2. The van der Waals surface area contributed by atoms with Crippen LogP contribution in [0.5, 0.6) is 11.5 Å². The Labute approximate surface area is 172 Å². The van der Waals surface area contributed by atoms with E-state index in [4.69, 9.17) is 15.9 Å². The van der Waals surface area contributed by atoms with E-state index in [2.05, 4.69) is 32.8 Å². The van der Waals surface area contributed by atoms with E-state index in [1.807, 2.05) is 6.07 Å². The summed E-state index contributed by atoms with van der Waals surface area (Å²) in [5.41, 5.74) is 1.53. The van der Waals surface area contributed by atoms with Gasteiger partial charge in [-0.2, -0.15) is 5.10 Å². The molecule has 0 aromatic heterocycles. The number of amidine groups is 1. The van der Waals surface area contributed by atoms with E-state index in [0.29, 0.717) is 23.5 Å². The average Bonchev–Trinajstić information content (AvgIpc) is 3.05. The predicted octanol–water partition coefficient (Wildman–Crippen LogP) is 2.05. The minimum atomic E-state index is -0.624. The highest BCUT2D eigenvalue weighted by atomic mass is 32.2. The van der Waals surface area contributed by atoms with Crippen LogP contribution in [0.1, 0.15) is 11.1 Å². The summed E-state index contributed by atoms with van der Waals surface area (Å²) in [5.74, 6) is 2.40. The van der Waals surface area contributed by atoms with Crippen LogP contribution in [0.3, 0.4) is 0 Å². The standard InChI is InChI=1S/C20H19N3O5S/c1-5-7-14-9-13(10-15(26-3)18(14)28-8-6-2)12-21-23-20-22-19(25)16(29-20)11-17(24)27-4/h2,5,9-12H,1,7-8H2,3-4H3,(H,22,23,25)/b16-11+,21-12?. The average molecular weight is 413 g/mol. The van der Waals surface area contributed by atoms with Crippen molar-refractivity contribution in [1.29, 1.82) is 0 Å². The Kier molecular flexibility index (Phi) is 8.06. The molecule has 0 saturated carbocycles. The summed E-state index contributed by atoms with van der Waals surface area (Å²) < 4.78 is 15.5. The first-order chi connectivity index (χ1) is 14.0. The number of nitrogens with zero attached hydrogens (tertiary/aromatic N) is 2. The fourth-order valence-electron chi connectivity index (χ4n) is 2.28. The third-order valence-corrected chi connectivity index (χ3v) is 4.39. The van der Waals surface area contributed by atoms with Gasteiger partial charge in [0.2, 0.25) is 0 Å². The van der Waals surface area contributed by atoms with Crippen LogP contribution in [-0.4, -0.2) is 44.1 Å². The molecule has 0 radical (unpaired) electrons. The second-order valence-corrected chi connectivity index (χ2v) is 6.47. The molecule has 1 N–H and O–H groups in total. The molecule has 0 bridgehead atoms. The number of nitrogens with one attached hydrogen (secondary N) is 1. The van der Waals surface area contributed by atoms with Crippen molar-refractivity contribution < 1.29 is 23.8 Å². The molecule has 1 amide bonds. The number of rotatable bonds is 8. The van der Waals surface area contributed by atoms with E-state index in [1.54, 1.807) is 12.1 Å². The van der Waals surface area contributed by atoms with Crippen molar-refractivity contribution in [3.63, 3.8) is 0 Å². The molecule has 1 heterocycles. The molecule has 9 heteroatoms. The molecule has 0 spiro atoms. The highest BCUT2D eigenvalue weighted by Gasteiger charge is 2.25. The molecule has 8 nitrogen and oxygen atoms in total. The highest BCUT2D eigenvalue weighted by Crippen LogP contribution is 2.33. The van der Waals surface area contributed by atoms with Gasteiger partial charge >= 0.3 is 5.97 Å². The molecule has 2 rings (SSSR count). The van der Waals surface area contributed by atoms with Crippen LogP contribution in [0.2, 0.25) is 0 Å². The lowest BCUT2D eigenvalue weighted by molar-refractivity contribution is -0.135. The van der Waals surface area contributed by atoms with Crippen LogP contribution in [0.4, 0.5) is 0 Å². The number of thioether (sulfide) groups is 1. The maximum Gasteiger partial charge on any atom is 0.331 e. The minimum absolute atomic E-state index is 0.111. The van der Waals surface area contributed by atoms with Crippen molar-refractivity contribution in [3.8, 4) is 23.8 Å². The topological polar surface area (TPSA) is 98.6 Å². The van der Waals surface area contributed by atoms with E-state index < -0.39 is 11.9 Å². The summed E-state index contributed by atoms with van der Waals surface area (Å²) in [6.45, 7) is 3.86. The van der Waals surface area contributed by atoms with E-state index in [-0.39, 0.29) is 16.7 Å². The summed E-state index contributed by atoms with van der Waals surface area (Å²) >= 11 is 0.987. The van der Waals surface area contributed by atoms with Gasteiger partial charge in [0.15, 0.2) is 16.7 Å². The quantitative estimate of drug-likeness (QED) is 0.175. The number of ether oxygens (including phenoxy) is 3. The van der Waals surface area contributed by atoms with Crippen molar-refractivity contribution in [1.82, 2.24) is 5.32 Å². The molecule has 150 valence electrons. The van der Waals surface area contributed by atoms with Crippen LogP contribution in [0, 0.1) is 12.3 Å². The number of carbonyl (C=O) groups is 2. The number of methoxy groups -OCH3 is 2. The van der Waals surface area contributed by atoms with E-state index in [0.717, 1.165) is 23.4 Å². The van der Waals surface area contributed by atoms with Crippen LogP contribution < -0.4 is 14.8 Å². The molecule has 1 saturated heterocycles. The molecule has 0 unspecified atom stereocenters. The molecule has 1 aromatic carbocycles. The van der Waals surface area contributed by atoms with Gasteiger partial charge in [-0.3, -0.25) is 10.1 Å². The maximum absolute atomic E-state index is 11.8. The van der Waals surface area contributed by atoms with Gasteiger partial charge in [0.25, 0.3) is 5.91 Å². The minimum Gasteiger partial charge on any atom is -0.493 e. The SMILES string of the molecule is C#CCOc1c(CC=C)cc(C=N/N=C2/NC(=O)/C(=C\C(=O)OC)S2)cc1OC. The second kappa shape index (κ2) is 10.7. The Morgan fingerprint density at radius 2 is 2.21 bits per heavy atom. The lowest BCUT2D eigenvalue weighted by Gasteiger charge is -2.14. The van der Waals surface area contributed by atoms with Crippen LogP contribution >= 0.6 is 11.8 Å². The molecular weight excluding hydrogens is 394 g/mol. The largest absolute Gasteiger partial charge is 0.493 e. The molecule has 1 aliphatic heterocycles. The summed E-state index contributed by atoms with van der Waals surface area (Å²) in [4.78, 5) is 23.2. The molecule has 29 heavy (non-hydrogen) atoms. The smallest absolute Gasteiger partial charge is 0.331 e. The number of terminal acetylenes is 1. The first kappa shape index (κ1) is 21.8. The number of esters is 1. The highest BCUT2D eigenvalue weighted by molar-refractivity contribution is 8.18. The zero-order valence-corrected chi connectivity index (χ0v) is 16.7. The van der Waals surface area contributed by atoms with Crippen LogP contribution in [0.15, 0.2) is 46.0 Å². The molecular formula is C20H19N3O5S. The van der Waals surface area contributed by atoms with Gasteiger partial charge < -0.3 is 14.2 Å². The number of amides is 1. The molecule has 0 atom stereocenters. The third kappa shape index (κ3) is 5.99. The zero-order chi connectivity index (χ0) is 21.2. The molecule has 1 aliphatic rings. The number of allylic oxidation sites excluding steroid dienone is 1. The Morgan fingerprint density at radius 1 is 1.41 bits per heavy atom. The van der Waals surface area contributed by atoms with E-state index in [1.165, 1.54) is 20.4 Å². The predicted molar refractivity (Wildman–Crippen MR) is 112 cm³/mol. The Hall–Kier alpha value is -3.51. The fraction of sp³-hybridized carbons (Fsp3) is 0.200. The van der Waals surface area contributed by atoms with Gasteiger partial charge in [-0.15, -0.1) is 18.1 Å². The van der Waals surface area contributed by atoms with Crippen molar-refractivity contribution in [2.75, 3.05) is 20.8 Å². The summed E-state index contributed by atoms with van der Waals surface area (Å²) in [7, 11) is 2.75. The first-order valence-corrected chi connectivity index (χ1v) is 9.12. The molecule has 1 fully saturated rings. The van der Waals surface area contributed by atoms with Gasteiger partial charge in [0.1, 0.15) is 6.61 Å². The number of benzene rings is 1. The van der Waals surface area contributed by atoms with Crippen molar-refractivity contribution >= 4 is 35.0 Å². The lowest BCUT2D eigenvalue weighted by Crippen LogP contribution is -2.19. The van der Waals surface area contributed by atoms with E-state index in [9.17, 15) is 9.59 Å².